The van der Waals surface area contributed by atoms with Gasteiger partial charge >= 0.3 is 0 Å². The van der Waals surface area contributed by atoms with Crippen LogP contribution in [0.1, 0.15) is 43.9 Å². The molecule has 0 spiro atoms. The Bertz CT molecular complexity index is 538. The van der Waals surface area contributed by atoms with E-state index in [1.165, 1.54) is 5.56 Å². The number of anilines is 1. The smallest absolute Gasteiger partial charge is 0.220 e. The highest BCUT2D eigenvalue weighted by atomic mass is 15.0. The van der Waals surface area contributed by atoms with E-state index in [2.05, 4.69) is 34.6 Å². The Morgan fingerprint density at radius 1 is 1.29 bits per heavy atom. The third kappa shape index (κ3) is 1.88. The lowest BCUT2D eigenvalue weighted by molar-refractivity contribution is 0.643. The Morgan fingerprint density at radius 2 is 1.94 bits per heavy atom. The Kier molecular flexibility index (Phi) is 3.05. The van der Waals surface area contributed by atoms with Crippen LogP contribution in [0.4, 0.5) is 5.95 Å². The molecule has 4 heteroatoms. The number of aryl methyl sites for hydroxylation is 2. The Labute approximate surface area is 102 Å². The second-order valence-electron chi connectivity index (χ2n) is 4.57. The molecule has 0 bridgehead atoms. The average molecular weight is 232 g/mol. The summed E-state index contributed by atoms with van der Waals surface area (Å²) in [4.78, 5) is 8.65. The molecule has 0 atom stereocenters. The molecule has 2 aromatic rings. The van der Waals surface area contributed by atoms with Crippen molar-refractivity contribution in [2.24, 2.45) is 7.05 Å². The van der Waals surface area contributed by atoms with Crippen molar-refractivity contribution in [3.05, 3.63) is 17.5 Å². The predicted octanol–water partition coefficient (Wildman–Crippen LogP) is 2.76. The molecule has 4 nitrogen and oxygen atoms in total. The van der Waals surface area contributed by atoms with Crippen LogP contribution < -0.4 is 5.73 Å². The van der Waals surface area contributed by atoms with Gasteiger partial charge in [-0.3, -0.25) is 0 Å². The lowest BCUT2D eigenvalue weighted by Crippen LogP contribution is -2.00. The predicted molar refractivity (Wildman–Crippen MR) is 71.0 cm³/mol. The van der Waals surface area contributed by atoms with E-state index in [0.29, 0.717) is 11.9 Å². The summed E-state index contributed by atoms with van der Waals surface area (Å²) < 4.78 is 2.11. The molecule has 0 saturated carbocycles. The standard InChI is InChI=1S/C13H20N4/c1-5-9(6-2)10-7-17(4)12-8(3)15-13(14)16-11(10)12/h7,9H,5-6H2,1-4H3,(H2,14,15,16). The monoisotopic (exact) mass is 232 g/mol. The number of nitrogens with zero attached hydrogens (tertiary/aromatic N) is 3. The van der Waals surface area contributed by atoms with E-state index >= 15 is 0 Å². The van der Waals surface area contributed by atoms with Crippen molar-refractivity contribution in [2.45, 2.75) is 39.5 Å². The summed E-state index contributed by atoms with van der Waals surface area (Å²) in [6, 6.07) is 0. The van der Waals surface area contributed by atoms with Crippen molar-refractivity contribution in [1.82, 2.24) is 14.5 Å². The van der Waals surface area contributed by atoms with Gasteiger partial charge in [0, 0.05) is 13.2 Å². The maximum absolute atomic E-state index is 5.75. The van der Waals surface area contributed by atoms with Gasteiger partial charge < -0.3 is 10.3 Å². The minimum Gasteiger partial charge on any atom is -0.368 e. The molecule has 17 heavy (non-hydrogen) atoms. The topological polar surface area (TPSA) is 56.7 Å². The van der Waals surface area contributed by atoms with Gasteiger partial charge in [0.25, 0.3) is 0 Å². The van der Waals surface area contributed by atoms with Crippen LogP contribution >= 0.6 is 0 Å². The van der Waals surface area contributed by atoms with E-state index in [9.17, 15) is 0 Å². The van der Waals surface area contributed by atoms with E-state index in [1.54, 1.807) is 0 Å². The molecule has 92 valence electrons. The van der Waals surface area contributed by atoms with Crippen molar-refractivity contribution in [1.29, 1.82) is 0 Å². The first-order valence-corrected chi connectivity index (χ1v) is 6.17. The zero-order valence-electron chi connectivity index (χ0n) is 11.0. The van der Waals surface area contributed by atoms with Crippen molar-refractivity contribution < 1.29 is 0 Å². The van der Waals surface area contributed by atoms with Gasteiger partial charge in [-0.15, -0.1) is 0 Å². The van der Waals surface area contributed by atoms with Gasteiger partial charge in [-0.2, -0.15) is 0 Å². The molecule has 0 aromatic carbocycles. The van der Waals surface area contributed by atoms with Crippen LogP contribution in [0.25, 0.3) is 11.0 Å². The average Bonchev–Trinajstić information content (AvgIpc) is 2.58. The lowest BCUT2D eigenvalue weighted by Gasteiger charge is -2.10. The maximum Gasteiger partial charge on any atom is 0.220 e. The highest BCUT2D eigenvalue weighted by Crippen LogP contribution is 2.31. The molecule has 0 fully saturated rings. The minimum atomic E-state index is 0.369. The van der Waals surface area contributed by atoms with Crippen LogP contribution in [0.15, 0.2) is 6.20 Å². The summed E-state index contributed by atoms with van der Waals surface area (Å²) >= 11 is 0. The van der Waals surface area contributed by atoms with Crippen molar-refractivity contribution in [3.63, 3.8) is 0 Å². The Morgan fingerprint density at radius 3 is 2.53 bits per heavy atom. The zero-order chi connectivity index (χ0) is 12.6. The highest BCUT2D eigenvalue weighted by molar-refractivity contribution is 5.83. The fourth-order valence-electron chi connectivity index (χ4n) is 2.57. The van der Waals surface area contributed by atoms with E-state index < -0.39 is 0 Å². The van der Waals surface area contributed by atoms with Gasteiger partial charge in [-0.1, -0.05) is 13.8 Å². The quantitative estimate of drug-likeness (QED) is 0.885. The van der Waals surface area contributed by atoms with Gasteiger partial charge in [0.2, 0.25) is 5.95 Å². The van der Waals surface area contributed by atoms with Gasteiger partial charge in [0.15, 0.2) is 0 Å². The van der Waals surface area contributed by atoms with Gasteiger partial charge in [0.05, 0.1) is 16.7 Å². The van der Waals surface area contributed by atoms with Gasteiger partial charge in [0.1, 0.15) is 0 Å². The molecule has 2 N–H and O–H groups in total. The fraction of sp³-hybridized carbons (Fsp3) is 0.538. The second-order valence-corrected chi connectivity index (χ2v) is 4.57. The lowest BCUT2D eigenvalue weighted by atomic mass is 9.95. The van der Waals surface area contributed by atoms with Gasteiger partial charge in [-0.05, 0) is 31.2 Å². The molecule has 0 aliphatic carbocycles. The van der Waals surface area contributed by atoms with Crippen LogP contribution in [-0.4, -0.2) is 14.5 Å². The molecule has 0 aliphatic heterocycles. The number of fused-ring (bicyclic) bond motifs is 1. The molecule has 2 rings (SSSR count). The minimum absolute atomic E-state index is 0.369. The molecular weight excluding hydrogens is 212 g/mol. The molecule has 2 heterocycles. The largest absolute Gasteiger partial charge is 0.368 e. The Balaban J connectivity index is 2.73. The van der Waals surface area contributed by atoms with E-state index in [1.807, 2.05) is 14.0 Å². The summed E-state index contributed by atoms with van der Waals surface area (Å²) in [5.41, 5.74) is 10.1. The maximum atomic E-state index is 5.75. The van der Waals surface area contributed by atoms with Crippen molar-refractivity contribution in [2.75, 3.05) is 5.73 Å². The summed E-state index contributed by atoms with van der Waals surface area (Å²) in [6.07, 6.45) is 4.42. The zero-order valence-corrected chi connectivity index (χ0v) is 11.0. The van der Waals surface area contributed by atoms with Gasteiger partial charge in [-0.25, -0.2) is 9.97 Å². The second kappa shape index (κ2) is 4.35. The summed E-state index contributed by atoms with van der Waals surface area (Å²) in [6.45, 7) is 6.41. The van der Waals surface area contributed by atoms with Crippen molar-refractivity contribution in [3.8, 4) is 0 Å². The number of hydrogen-bond acceptors (Lipinski definition) is 3. The van der Waals surface area contributed by atoms with E-state index in [0.717, 1.165) is 29.6 Å². The normalized spacial score (nSPS) is 11.6. The third-order valence-corrected chi connectivity index (χ3v) is 3.46. The summed E-state index contributed by atoms with van der Waals surface area (Å²) in [7, 11) is 2.04. The molecule has 0 radical (unpaired) electrons. The molecule has 0 aliphatic rings. The number of aromatic nitrogens is 3. The first-order valence-electron chi connectivity index (χ1n) is 6.17. The van der Waals surface area contributed by atoms with E-state index in [-0.39, 0.29) is 0 Å². The number of rotatable bonds is 3. The first-order chi connectivity index (χ1) is 8.08. The first kappa shape index (κ1) is 11.9. The summed E-state index contributed by atoms with van der Waals surface area (Å²) in [5, 5.41) is 0. The highest BCUT2D eigenvalue weighted by Gasteiger charge is 2.17. The van der Waals surface area contributed by atoms with Crippen LogP contribution in [0.2, 0.25) is 0 Å². The van der Waals surface area contributed by atoms with Crippen LogP contribution in [0.3, 0.4) is 0 Å². The number of nitrogen functional groups attached to an aromatic ring is 1. The molecule has 0 saturated heterocycles. The van der Waals surface area contributed by atoms with Crippen LogP contribution in [-0.2, 0) is 7.05 Å². The Hall–Kier alpha value is -1.58. The third-order valence-electron chi connectivity index (χ3n) is 3.46. The van der Waals surface area contributed by atoms with Crippen molar-refractivity contribution >= 4 is 17.0 Å². The summed E-state index contributed by atoms with van der Waals surface area (Å²) in [5.74, 6) is 0.917. The number of nitrogens with two attached hydrogens (primary N) is 1. The molecule has 2 aromatic heterocycles. The SMILES string of the molecule is CCC(CC)c1cn(C)c2c(C)nc(N)nc12. The molecule has 0 unspecified atom stereocenters. The molecular formula is C13H20N4. The fourth-order valence-corrected chi connectivity index (χ4v) is 2.57. The van der Waals surface area contributed by atoms with E-state index in [4.69, 9.17) is 5.73 Å². The van der Waals surface area contributed by atoms with Crippen LogP contribution in [0.5, 0.6) is 0 Å². The number of hydrogen-bond donors (Lipinski definition) is 1. The molecule has 0 amide bonds. The van der Waals surface area contributed by atoms with Crippen LogP contribution in [0, 0.1) is 6.92 Å².